The van der Waals surface area contributed by atoms with Gasteiger partial charge in [0.15, 0.2) is 0 Å². The molecule has 0 radical (unpaired) electrons. The SMILES string of the molecule is N#CC1=C(N)n2c(sc(=Cc3ccccc3F)c2=O)=C(C#N)C1c1ccccc1F. The first-order chi connectivity index (χ1) is 14.5. The summed E-state index contributed by atoms with van der Waals surface area (Å²) in [6.45, 7) is 0. The van der Waals surface area contributed by atoms with E-state index in [1.54, 1.807) is 12.1 Å². The standard InChI is InChI=1S/C22H12F2N4OS/c23-16-7-3-1-5-12(16)9-18-21(29)28-20(27)14(10-25)19(15(11-26)22(28)30-18)13-6-2-4-8-17(13)24/h1-9,19H,27H2. The van der Waals surface area contributed by atoms with Gasteiger partial charge < -0.3 is 5.73 Å². The number of fused-ring (bicyclic) bond motifs is 1. The molecule has 0 fully saturated rings. The first-order valence-electron chi connectivity index (χ1n) is 8.75. The lowest BCUT2D eigenvalue weighted by molar-refractivity contribution is 0.609. The third-order valence-corrected chi connectivity index (χ3v) is 5.91. The van der Waals surface area contributed by atoms with Gasteiger partial charge in [-0.25, -0.2) is 8.78 Å². The number of nitrogens with two attached hydrogens (primary N) is 1. The topological polar surface area (TPSA) is 95.6 Å². The van der Waals surface area contributed by atoms with Crippen molar-refractivity contribution in [1.29, 1.82) is 10.5 Å². The molecular weight excluding hydrogens is 406 g/mol. The summed E-state index contributed by atoms with van der Waals surface area (Å²) in [4.78, 5) is 13.0. The van der Waals surface area contributed by atoms with Crippen molar-refractivity contribution < 1.29 is 8.78 Å². The predicted octanol–water partition coefficient (Wildman–Crippen LogP) is 2.14. The molecule has 0 spiro atoms. The predicted molar refractivity (Wildman–Crippen MR) is 109 cm³/mol. The van der Waals surface area contributed by atoms with Crippen molar-refractivity contribution in [2.24, 2.45) is 5.73 Å². The zero-order chi connectivity index (χ0) is 21.4. The number of thiazole rings is 1. The molecule has 0 saturated heterocycles. The van der Waals surface area contributed by atoms with E-state index < -0.39 is 23.1 Å². The van der Waals surface area contributed by atoms with Crippen LogP contribution in [0.15, 0.2) is 58.9 Å². The number of nitrogens with zero attached hydrogens (tertiary/aromatic N) is 3. The normalized spacial score (nSPS) is 16.2. The third-order valence-electron chi connectivity index (χ3n) is 4.80. The largest absolute Gasteiger partial charge is 0.384 e. The Morgan fingerprint density at radius 3 is 2.27 bits per heavy atom. The molecule has 2 aromatic carbocycles. The van der Waals surface area contributed by atoms with Gasteiger partial charge in [-0.15, -0.1) is 11.3 Å². The third kappa shape index (κ3) is 2.91. The molecule has 4 rings (SSSR count). The Morgan fingerprint density at radius 2 is 1.63 bits per heavy atom. The minimum Gasteiger partial charge on any atom is -0.384 e. The molecule has 5 nitrogen and oxygen atoms in total. The lowest BCUT2D eigenvalue weighted by Crippen LogP contribution is -2.38. The summed E-state index contributed by atoms with van der Waals surface area (Å²) in [6, 6.07) is 15.6. The summed E-state index contributed by atoms with van der Waals surface area (Å²) < 4.78 is 29.9. The van der Waals surface area contributed by atoms with Crippen LogP contribution in [0.1, 0.15) is 17.0 Å². The second-order valence-electron chi connectivity index (χ2n) is 6.47. The number of halogens is 2. The van der Waals surface area contributed by atoms with Crippen molar-refractivity contribution >= 4 is 28.8 Å². The van der Waals surface area contributed by atoms with Gasteiger partial charge in [-0.1, -0.05) is 36.4 Å². The van der Waals surface area contributed by atoms with Gasteiger partial charge in [0.25, 0.3) is 5.56 Å². The van der Waals surface area contributed by atoms with E-state index in [9.17, 15) is 24.1 Å². The van der Waals surface area contributed by atoms with Crippen LogP contribution in [0.2, 0.25) is 0 Å². The van der Waals surface area contributed by atoms with Gasteiger partial charge in [-0.3, -0.25) is 9.36 Å². The van der Waals surface area contributed by atoms with Crippen molar-refractivity contribution in [1.82, 2.24) is 4.57 Å². The maximum atomic E-state index is 14.5. The first-order valence-corrected chi connectivity index (χ1v) is 9.56. The summed E-state index contributed by atoms with van der Waals surface area (Å²) >= 11 is 0.941. The Labute approximate surface area is 173 Å². The number of hydrogen-bond acceptors (Lipinski definition) is 5. The molecule has 1 aliphatic heterocycles. The Balaban J connectivity index is 2.10. The second-order valence-corrected chi connectivity index (χ2v) is 7.50. The number of benzene rings is 2. The van der Waals surface area contributed by atoms with Crippen LogP contribution in [0.3, 0.4) is 0 Å². The van der Waals surface area contributed by atoms with Crippen LogP contribution < -0.4 is 20.5 Å². The summed E-state index contributed by atoms with van der Waals surface area (Å²) in [5, 5.41) is 19.5. The second kappa shape index (κ2) is 7.43. The Kier molecular flexibility index (Phi) is 4.78. The molecule has 1 aromatic heterocycles. The molecule has 1 aliphatic rings. The number of nitriles is 2. The fourth-order valence-electron chi connectivity index (χ4n) is 3.41. The van der Waals surface area contributed by atoms with E-state index in [0.717, 1.165) is 15.9 Å². The van der Waals surface area contributed by atoms with E-state index in [-0.39, 0.29) is 37.3 Å². The molecule has 1 atom stereocenters. The molecule has 2 heterocycles. The summed E-state index contributed by atoms with van der Waals surface area (Å²) in [6.07, 6.45) is 1.36. The van der Waals surface area contributed by atoms with Crippen molar-refractivity contribution in [2.75, 3.05) is 0 Å². The molecule has 2 N–H and O–H groups in total. The minimum absolute atomic E-state index is 0.0288. The average Bonchev–Trinajstić information content (AvgIpc) is 3.06. The van der Waals surface area contributed by atoms with Crippen LogP contribution in [-0.4, -0.2) is 4.57 Å². The number of allylic oxidation sites excluding steroid dienone is 1. The Hall–Kier alpha value is -4.01. The highest BCUT2D eigenvalue weighted by Crippen LogP contribution is 2.36. The first kappa shape index (κ1) is 19.3. The molecule has 146 valence electrons. The molecule has 0 aliphatic carbocycles. The molecule has 0 bridgehead atoms. The van der Waals surface area contributed by atoms with Gasteiger partial charge >= 0.3 is 0 Å². The van der Waals surface area contributed by atoms with Crippen LogP contribution in [0.4, 0.5) is 8.78 Å². The van der Waals surface area contributed by atoms with Gasteiger partial charge in [0.1, 0.15) is 22.1 Å². The minimum atomic E-state index is -1.04. The lowest BCUT2D eigenvalue weighted by atomic mass is 9.84. The van der Waals surface area contributed by atoms with Crippen molar-refractivity contribution in [3.8, 4) is 12.1 Å². The van der Waals surface area contributed by atoms with E-state index >= 15 is 0 Å². The number of aromatic nitrogens is 1. The number of hydrogen-bond donors (Lipinski definition) is 1. The zero-order valence-electron chi connectivity index (χ0n) is 15.3. The summed E-state index contributed by atoms with van der Waals surface area (Å²) in [5.74, 6) is -2.32. The maximum Gasteiger partial charge on any atom is 0.274 e. The highest BCUT2D eigenvalue weighted by atomic mass is 32.1. The monoisotopic (exact) mass is 418 g/mol. The maximum absolute atomic E-state index is 14.5. The van der Waals surface area contributed by atoms with Crippen LogP contribution in [-0.2, 0) is 0 Å². The van der Waals surface area contributed by atoms with Gasteiger partial charge in [0.05, 0.1) is 33.7 Å². The fourth-order valence-corrected chi connectivity index (χ4v) is 4.52. The Morgan fingerprint density at radius 1 is 1.00 bits per heavy atom. The molecule has 1 unspecified atom stereocenters. The fraction of sp³-hybridized carbons (Fsp3) is 0.0455. The lowest BCUT2D eigenvalue weighted by Gasteiger charge is -2.22. The average molecular weight is 418 g/mol. The van der Waals surface area contributed by atoms with Crippen molar-refractivity contribution in [2.45, 2.75) is 5.92 Å². The highest BCUT2D eigenvalue weighted by molar-refractivity contribution is 7.07. The van der Waals surface area contributed by atoms with Gasteiger partial charge in [-0.05, 0) is 18.2 Å². The van der Waals surface area contributed by atoms with E-state index in [2.05, 4.69) is 0 Å². The van der Waals surface area contributed by atoms with E-state index in [0.29, 0.717) is 0 Å². The van der Waals surface area contributed by atoms with Crippen molar-refractivity contribution in [3.05, 3.63) is 96.4 Å². The highest BCUT2D eigenvalue weighted by Gasteiger charge is 2.33. The quantitative estimate of drug-likeness (QED) is 0.690. The molecule has 30 heavy (non-hydrogen) atoms. The van der Waals surface area contributed by atoms with Crippen LogP contribution in [0.25, 0.3) is 17.5 Å². The molecule has 3 aromatic rings. The van der Waals surface area contributed by atoms with Crippen LogP contribution in [0, 0.1) is 34.3 Å². The zero-order valence-corrected chi connectivity index (χ0v) is 16.1. The molecular formula is C22H12F2N4OS. The molecule has 8 heteroatoms. The molecule has 0 saturated carbocycles. The van der Waals surface area contributed by atoms with E-state index in [1.807, 2.05) is 12.1 Å². The van der Waals surface area contributed by atoms with Crippen molar-refractivity contribution in [3.63, 3.8) is 0 Å². The van der Waals surface area contributed by atoms with E-state index in [4.69, 9.17) is 5.73 Å². The number of rotatable bonds is 2. The summed E-state index contributed by atoms with van der Waals surface area (Å²) in [7, 11) is 0. The van der Waals surface area contributed by atoms with Gasteiger partial charge in [0.2, 0.25) is 0 Å². The Bertz CT molecular complexity index is 1480. The van der Waals surface area contributed by atoms with E-state index in [1.165, 1.54) is 42.5 Å². The summed E-state index contributed by atoms with van der Waals surface area (Å²) in [5.41, 5.74) is 5.79. The van der Waals surface area contributed by atoms with Crippen LogP contribution >= 0.6 is 11.3 Å². The van der Waals surface area contributed by atoms with Gasteiger partial charge in [0, 0.05) is 11.1 Å². The smallest absolute Gasteiger partial charge is 0.274 e. The van der Waals surface area contributed by atoms with Crippen LogP contribution in [0.5, 0.6) is 0 Å². The molecule has 0 amide bonds. The van der Waals surface area contributed by atoms with Gasteiger partial charge in [-0.2, -0.15) is 10.5 Å².